The maximum absolute atomic E-state index is 14.1. The number of benzene rings is 2. The molecule has 0 bridgehead atoms. The van der Waals surface area contributed by atoms with E-state index in [0.29, 0.717) is 0 Å². The Morgan fingerprint density at radius 3 is 2.45 bits per heavy atom. The molecule has 2 aromatic rings. The highest BCUT2D eigenvalue weighted by Gasteiger charge is 2.19. The number of carbonyl (C=O) groups excluding carboxylic acids is 1. The highest BCUT2D eigenvalue weighted by molar-refractivity contribution is 7.99. The molecule has 22 heavy (non-hydrogen) atoms. The Morgan fingerprint density at radius 2 is 1.91 bits per heavy atom. The van der Waals surface area contributed by atoms with Gasteiger partial charge in [-0.1, -0.05) is 29.5 Å². The lowest BCUT2D eigenvalue weighted by molar-refractivity contribution is -0.384. The van der Waals surface area contributed by atoms with Gasteiger partial charge in [0.15, 0.2) is 0 Å². The second-order valence-corrected chi connectivity index (χ2v) is 5.77. The fraction of sp³-hybridized carbons (Fsp3) is 0.133. The molecule has 0 radical (unpaired) electrons. The molecule has 2 rings (SSSR count). The molecular formula is C15H13FN2O3S. The summed E-state index contributed by atoms with van der Waals surface area (Å²) in [5, 5.41) is 13.3. The molecule has 0 aromatic heterocycles. The van der Waals surface area contributed by atoms with Crippen LogP contribution < -0.4 is 5.32 Å². The number of nitro benzene ring substituents is 1. The van der Waals surface area contributed by atoms with Crippen molar-refractivity contribution in [3.63, 3.8) is 0 Å². The van der Waals surface area contributed by atoms with Crippen molar-refractivity contribution in [2.75, 3.05) is 5.32 Å². The summed E-state index contributed by atoms with van der Waals surface area (Å²) in [6.07, 6.45) is 0. The van der Waals surface area contributed by atoms with Crippen molar-refractivity contribution in [2.24, 2.45) is 0 Å². The summed E-state index contributed by atoms with van der Waals surface area (Å²) in [5.74, 6) is -1.16. The molecule has 0 aliphatic rings. The van der Waals surface area contributed by atoms with Gasteiger partial charge in [-0.15, -0.1) is 0 Å². The fourth-order valence-corrected chi connectivity index (χ4v) is 2.65. The van der Waals surface area contributed by atoms with Gasteiger partial charge in [-0.3, -0.25) is 14.9 Å². The molecule has 0 spiro atoms. The number of anilines is 1. The molecular weight excluding hydrogens is 307 g/mol. The van der Waals surface area contributed by atoms with Crippen LogP contribution in [0.2, 0.25) is 0 Å². The Hall–Kier alpha value is -2.41. The van der Waals surface area contributed by atoms with Crippen molar-refractivity contribution in [1.29, 1.82) is 0 Å². The van der Waals surface area contributed by atoms with E-state index in [-0.39, 0.29) is 10.6 Å². The smallest absolute Gasteiger partial charge is 0.295 e. The average molecular weight is 320 g/mol. The monoisotopic (exact) mass is 320 g/mol. The summed E-state index contributed by atoms with van der Waals surface area (Å²) in [7, 11) is 0. The van der Waals surface area contributed by atoms with Gasteiger partial charge in [-0.05, 0) is 25.1 Å². The first-order valence-corrected chi connectivity index (χ1v) is 7.18. The van der Waals surface area contributed by atoms with E-state index in [9.17, 15) is 19.3 Å². The summed E-state index contributed by atoms with van der Waals surface area (Å²) in [4.78, 5) is 22.4. The minimum Gasteiger partial charge on any atom is -0.321 e. The zero-order valence-electron chi connectivity index (χ0n) is 11.9. The third kappa shape index (κ3) is 3.82. The van der Waals surface area contributed by atoms with Gasteiger partial charge >= 0.3 is 0 Å². The maximum atomic E-state index is 14.1. The van der Waals surface area contributed by atoms with Gasteiger partial charge in [0.2, 0.25) is 5.91 Å². The van der Waals surface area contributed by atoms with Gasteiger partial charge in [0.1, 0.15) is 11.5 Å². The first kappa shape index (κ1) is 16.0. The van der Waals surface area contributed by atoms with Gasteiger partial charge in [0.05, 0.1) is 15.9 Å². The highest BCUT2D eigenvalue weighted by atomic mass is 32.2. The summed E-state index contributed by atoms with van der Waals surface area (Å²) in [6, 6.07) is 9.54. The van der Waals surface area contributed by atoms with Crippen molar-refractivity contribution in [3.05, 3.63) is 57.9 Å². The minimum atomic E-state index is -0.728. The summed E-state index contributed by atoms with van der Waals surface area (Å²) >= 11 is 1.14. The third-order valence-electron chi connectivity index (χ3n) is 2.81. The van der Waals surface area contributed by atoms with Crippen LogP contribution in [-0.4, -0.2) is 10.8 Å². The first-order chi connectivity index (χ1) is 10.4. The van der Waals surface area contributed by atoms with Crippen molar-refractivity contribution in [3.8, 4) is 0 Å². The van der Waals surface area contributed by atoms with E-state index in [2.05, 4.69) is 5.32 Å². The maximum Gasteiger partial charge on any atom is 0.295 e. The van der Waals surface area contributed by atoms with E-state index in [1.54, 1.807) is 0 Å². The number of carbonyl (C=O) groups is 1. The van der Waals surface area contributed by atoms with Gasteiger partial charge in [-0.25, -0.2) is 4.39 Å². The van der Waals surface area contributed by atoms with E-state index < -0.39 is 22.3 Å². The molecule has 2 aromatic carbocycles. The summed E-state index contributed by atoms with van der Waals surface area (Å²) in [5.41, 5.74) is 0.585. The van der Waals surface area contributed by atoms with Crippen molar-refractivity contribution in [2.45, 2.75) is 23.6 Å². The Morgan fingerprint density at radius 1 is 1.27 bits per heavy atom. The number of halogens is 1. The van der Waals surface area contributed by atoms with Crippen molar-refractivity contribution in [1.82, 2.24) is 0 Å². The van der Waals surface area contributed by atoms with Crippen molar-refractivity contribution >= 4 is 29.0 Å². The number of rotatable bonds is 4. The van der Waals surface area contributed by atoms with Gasteiger partial charge in [-0.2, -0.15) is 0 Å². The number of amides is 1. The molecule has 114 valence electrons. The quantitative estimate of drug-likeness (QED) is 0.678. The molecule has 0 aliphatic heterocycles. The van der Waals surface area contributed by atoms with Gasteiger partial charge in [0.25, 0.3) is 5.69 Å². The average Bonchev–Trinajstić information content (AvgIpc) is 2.43. The molecule has 0 aliphatic carbocycles. The van der Waals surface area contributed by atoms with Crippen LogP contribution in [0.15, 0.2) is 46.2 Å². The lowest BCUT2D eigenvalue weighted by Gasteiger charge is -2.08. The van der Waals surface area contributed by atoms with Crippen LogP contribution in [-0.2, 0) is 4.79 Å². The van der Waals surface area contributed by atoms with E-state index in [1.807, 2.05) is 31.2 Å². The first-order valence-electron chi connectivity index (χ1n) is 6.37. The largest absolute Gasteiger partial charge is 0.321 e. The topological polar surface area (TPSA) is 72.2 Å². The van der Waals surface area contributed by atoms with Crippen LogP contribution in [0.4, 0.5) is 15.8 Å². The number of aryl methyl sites for hydroxylation is 1. The second kappa shape index (κ2) is 6.57. The molecule has 0 saturated heterocycles. The SMILES string of the molecule is CC(=O)Nc1cc(Sc2ccc(C)cc2)c(F)cc1[N+](=O)[O-]. The molecule has 1 amide bonds. The lowest BCUT2D eigenvalue weighted by atomic mass is 10.2. The Balaban J connectivity index is 2.40. The van der Waals surface area contributed by atoms with Crippen LogP contribution in [0.3, 0.4) is 0 Å². The number of nitrogens with zero attached hydrogens (tertiary/aromatic N) is 1. The van der Waals surface area contributed by atoms with Gasteiger partial charge in [0, 0.05) is 11.8 Å². The summed E-state index contributed by atoms with van der Waals surface area (Å²) < 4.78 is 14.1. The van der Waals surface area contributed by atoms with E-state index in [4.69, 9.17) is 0 Å². The molecule has 0 saturated carbocycles. The van der Waals surface area contributed by atoms with E-state index in [0.717, 1.165) is 28.3 Å². The minimum absolute atomic E-state index is 0.0199. The predicted molar refractivity (Wildman–Crippen MR) is 82.7 cm³/mol. The molecule has 0 unspecified atom stereocenters. The fourth-order valence-electron chi connectivity index (χ4n) is 1.80. The van der Waals surface area contributed by atoms with E-state index >= 15 is 0 Å². The standard InChI is InChI=1S/C15H13FN2O3S/c1-9-3-5-11(6-4-9)22-15-8-13(17-10(2)19)14(18(20)21)7-12(15)16/h3-8H,1-2H3,(H,17,19). The molecule has 7 heteroatoms. The Bertz CT molecular complexity index is 732. The number of hydrogen-bond donors (Lipinski definition) is 1. The zero-order chi connectivity index (χ0) is 16.3. The molecule has 1 N–H and O–H groups in total. The van der Waals surface area contributed by atoms with E-state index in [1.165, 1.54) is 13.0 Å². The second-order valence-electron chi connectivity index (χ2n) is 4.65. The van der Waals surface area contributed by atoms with Crippen LogP contribution in [0.1, 0.15) is 12.5 Å². The van der Waals surface area contributed by atoms with Crippen LogP contribution in [0.25, 0.3) is 0 Å². The molecule has 0 heterocycles. The lowest BCUT2D eigenvalue weighted by Crippen LogP contribution is -2.08. The number of hydrogen-bond acceptors (Lipinski definition) is 4. The van der Waals surface area contributed by atoms with Crippen LogP contribution in [0.5, 0.6) is 0 Å². The predicted octanol–water partition coefficient (Wildman–Crippen LogP) is 4.15. The Kier molecular flexibility index (Phi) is 4.77. The van der Waals surface area contributed by atoms with Crippen LogP contribution in [0, 0.1) is 22.9 Å². The molecule has 0 atom stereocenters. The molecule has 0 fully saturated rings. The molecule has 5 nitrogen and oxygen atoms in total. The third-order valence-corrected chi connectivity index (χ3v) is 3.85. The van der Waals surface area contributed by atoms with Crippen molar-refractivity contribution < 1.29 is 14.1 Å². The Labute approximate surface area is 130 Å². The van der Waals surface area contributed by atoms with Crippen LogP contribution >= 0.6 is 11.8 Å². The number of nitro groups is 1. The van der Waals surface area contributed by atoms with Gasteiger partial charge < -0.3 is 5.32 Å². The zero-order valence-corrected chi connectivity index (χ0v) is 12.7. The summed E-state index contributed by atoms with van der Waals surface area (Å²) in [6.45, 7) is 3.18. The number of nitrogens with one attached hydrogen (secondary N) is 1. The normalized spacial score (nSPS) is 10.3. The highest BCUT2D eigenvalue weighted by Crippen LogP contribution is 2.36.